The minimum Gasteiger partial charge on any atom is -0.495 e. The van der Waals surface area contributed by atoms with Gasteiger partial charge in [0.15, 0.2) is 0 Å². The van der Waals surface area contributed by atoms with Crippen LogP contribution in [-0.4, -0.2) is 77.8 Å². The number of carbonyl (C=O) groups is 1. The monoisotopic (exact) mass is 548 g/mol. The number of nitrogens with zero attached hydrogens (tertiary/aromatic N) is 2. The first-order valence-corrected chi connectivity index (χ1v) is 13.6. The van der Waals surface area contributed by atoms with Crippen molar-refractivity contribution in [3.05, 3.63) is 63.4 Å². The third kappa shape index (κ3) is 5.90. The quantitative estimate of drug-likeness (QED) is 0.394. The van der Waals surface area contributed by atoms with Crippen molar-refractivity contribution in [2.45, 2.75) is 11.3 Å². The molecular weight excluding hydrogens is 520 g/mol. The van der Waals surface area contributed by atoms with E-state index in [9.17, 15) is 18.0 Å². The van der Waals surface area contributed by atoms with Gasteiger partial charge >= 0.3 is 0 Å². The van der Waals surface area contributed by atoms with E-state index >= 15 is 0 Å². The molecule has 0 unspecified atom stereocenters. The molecule has 1 fully saturated rings. The maximum Gasteiger partial charge on any atom is 0.264 e. The predicted octanol–water partition coefficient (Wildman–Crippen LogP) is 2.47. The van der Waals surface area contributed by atoms with Gasteiger partial charge in [-0.3, -0.25) is 18.8 Å². The van der Waals surface area contributed by atoms with Gasteiger partial charge in [0.1, 0.15) is 11.3 Å². The molecule has 2 N–H and O–H groups in total. The molecule has 1 aliphatic rings. The molecule has 3 aromatic rings. The zero-order chi connectivity index (χ0) is 26.6. The molecule has 0 saturated carbocycles. The average Bonchev–Trinajstić information content (AvgIpc) is 2.91. The summed E-state index contributed by atoms with van der Waals surface area (Å²) in [5.74, 6) is -0.194. The van der Waals surface area contributed by atoms with Crippen molar-refractivity contribution < 1.29 is 22.7 Å². The van der Waals surface area contributed by atoms with Gasteiger partial charge in [0.2, 0.25) is 5.43 Å². The molecule has 1 aromatic heterocycles. The number of nitrogens with one attached hydrogen (secondary N) is 2. The van der Waals surface area contributed by atoms with Crippen LogP contribution in [0.15, 0.2) is 52.3 Å². The summed E-state index contributed by atoms with van der Waals surface area (Å²) in [5.41, 5.74) is 0.0165. The second-order valence-corrected chi connectivity index (χ2v) is 11.0. The molecule has 1 aliphatic heterocycles. The van der Waals surface area contributed by atoms with Crippen LogP contribution in [0.5, 0.6) is 5.75 Å². The van der Waals surface area contributed by atoms with Crippen LogP contribution >= 0.6 is 11.6 Å². The Morgan fingerprint density at radius 3 is 2.70 bits per heavy atom. The average molecular weight is 549 g/mol. The highest BCUT2D eigenvalue weighted by atomic mass is 35.5. The van der Waals surface area contributed by atoms with E-state index in [0.717, 1.165) is 30.4 Å². The van der Waals surface area contributed by atoms with E-state index in [1.54, 1.807) is 12.1 Å². The molecule has 0 radical (unpaired) electrons. The summed E-state index contributed by atoms with van der Waals surface area (Å²) in [6.45, 7) is 4.38. The number of aromatic amines is 1. The van der Waals surface area contributed by atoms with Crippen LogP contribution in [0.4, 0.5) is 5.69 Å². The van der Waals surface area contributed by atoms with Crippen molar-refractivity contribution in [2.75, 3.05) is 57.9 Å². The zero-order valence-electron chi connectivity index (χ0n) is 20.6. The first kappa shape index (κ1) is 26.9. The van der Waals surface area contributed by atoms with Crippen LogP contribution in [0.2, 0.25) is 5.02 Å². The van der Waals surface area contributed by atoms with Crippen LogP contribution in [0.3, 0.4) is 0 Å². The topological polar surface area (TPSA) is 121 Å². The fourth-order valence-corrected chi connectivity index (χ4v) is 5.54. The summed E-state index contributed by atoms with van der Waals surface area (Å²) in [7, 11) is -1.28. The standard InChI is InChI=1S/C25H29ClN4O6S/c1-29(22-14-17(26)4-7-23(22)35-2)37(33,34)18-5-6-21-19(15-18)24(31)20(16-28-21)25(32)27-8-3-9-30-10-12-36-13-11-30/h4-7,14-16H,3,8-13H2,1-2H3,(H,27,32)(H,28,31). The number of H-pyrrole nitrogens is 1. The van der Waals surface area contributed by atoms with Crippen LogP contribution in [0, 0.1) is 0 Å². The maximum absolute atomic E-state index is 13.4. The fraction of sp³-hybridized carbons (Fsp3) is 0.360. The van der Waals surface area contributed by atoms with E-state index in [2.05, 4.69) is 15.2 Å². The molecule has 198 valence electrons. The summed E-state index contributed by atoms with van der Waals surface area (Å²) >= 11 is 6.08. The van der Waals surface area contributed by atoms with Gasteiger partial charge in [0.25, 0.3) is 15.9 Å². The fourth-order valence-electron chi connectivity index (χ4n) is 4.15. The smallest absolute Gasteiger partial charge is 0.264 e. The number of amides is 1. The van der Waals surface area contributed by atoms with Crippen molar-refractivity contribution >= 4 is 44.1 Å². The van der Waals surface area contributed by atoms with Crippen LogP contribution in [0.1, 0.15) is 16.8 Å². The molecular formula is C25H29ClN4O6S. The van der Waals surface area contributed by atoms with E-state index in [1.165, 1.54) is 44.6 Å². The number of fused-ring (bicyclic) bond motifs is 1. The Hall–Kier alpha value is -3.12. The first-order chi connectivity index (χ1) is 17.7. The lowest BCUT2D eigenvalue weighted by atomic mass is 10.1. The number of morpholine rings is 1. The number of ether oxygens (including phenoxy) is 2. The molecule has 0 aliphatic carbocycles. The number of benzene rings is 2. The van der Waals surface area contributed by atoms with E-state index in [1.807, 2.05) is 0 Å². The molecule has 0 atom stereocenters. The van der Waals surface area contributed by atoms with Gasteiger partial charge in [-0.15, -0.1) is 0 Å². The van der Waals surface area contributed by atoms with E-state index in [-0.39, 0.29) is 21.5 Å². The van der Waals surface area contributed by atoms with Crippen LogP contribution in [-0.2, 0) is 14.8 Å². The van der Waals surface area contributed by atoms with Gasteiger partial charge in [-0.1, -0.05) is 11.6 Å². The minimum absolute atomic E-state index is 0.0849. The third-order valence-corrected chi connectivity index (χ3v) is 8.28. The largest absolute Gasteiger partial charge is 0.495 e. The van der Waals surface area contributed by atoms with Crippen molar-refractivity contribution in [3.63, 3.8) is 0 Å². The number of methoxy groups -OCH3 is 1. The number of pyridine rings is 1. The molecule has 12 heteroatoms. The Kier molecular flexibility index (Phi) is 8.38. The van der Waals surface area contributed by atoms with E-state index in [4.69, 9.17) is 21.1 Å². The van der Waals surface area contributed by atoms with E-state index < -0.39 is 21.4 Å². The number of aromatic nitrogens is 1. The summed E-state index contributed by atoms with van der Waals surface area (Å²) in [6, 6.07) is 8.80. The predicted molar refractivity (Wildman–Crippen MR) is 142 cm³/mol. The number of hydrogen-bond acceptors (Lipinski definition) is 7. The molecule has 1 saturated heterocycles. The van der Waals surface area contributed by atoms with Gasteiger partial charge in [0, 0.05) is 48.8 Å². The van der Waals surface area contributed by atoms with E-state index in [0.29, 0.717) is 36.0 Å². The zero-order valence-corrected chi connectivity index (χ0v) is 22.2. The van der Waals surface area contributed by atoms with Crippen molar-refractivity contribution in [1.82, 2.24) is 15.2 Å². The molecule has 2 aromatic carbocycles. The van der Waals surface area contributed by atoms with Crippen molar-refractivity contribution in [1.29, 1.82) is 0 Å². The molecule has 10 nitrogen and oxygen atoms in total. The Balaban J connectivity index is 1.55. The summed E-state index contributed by atoms with van der Waals surface area (Å²) in [6.07, 6.45) is 2.08. The molecule has 0 bridgehead atoms. The highest BCUT2D eigenvalue weighted by molar-refractivity contribution is 7.92. The third-order valence-electron chi connectivity index (χ3n) is 6.28. The number of rotatable bonds is 9. The lowest BCUT2D eigenvalue weighted by Crippen LogP contribution is -2.38. The van der Waals surface area contributed by atoms with Gasteiger partial charge < -0.3 is 19.8 Å². The first-order valence-electron chi connectivity index (χ1n) is 11.8. The van der Waals surface area contributed by atoms with Gasteiger partial charge in [-0.05, 0) is 49.4 Å². The molecule has 2 heterocycles. The second-order valence-electron chi connectivity index (χ2n) is 8.59. The Morgan fingerprint density at radius 2 is 1.97 bits per heavy atom. The molecule has 1 amide bonds. The van der Waals surface area contributed by atoms with Crippen LogP contribution in [0.25, 0.3) is 10.9 Å². The summed E-state index contributed by atoms with van der Waals surface area (Å²) in [5, 5.41) is 3.21. The lowest BCUT2D eigenvalue weighted by Gasteiger charge is -2.26. The van der Waals surface area contributed by atoms with Crippen molar-refractivity contribution in [3.8, 4) is 5.75 Å². The van der Waals surface area contributed by atoms with Gasteiger partial charge in [-0.25, -0.2) is 8.42 Å². The highest BCUT2D eigenvalue weighted by Crippen LogP contribution is 2.34. The molecule has 37 heavy (non-hydrogen) atoms. The molecule has 0 spiro atoms. The Bertz CT molecular complexity index is 1450. The minimum atomic E-state index is -4.08. The van der Waals surface area contributed by atoms with Gasteiger partial charge in [-0.2, -0.15) is 0 Å². The van der Waals surface area contributed by atoms with Crippen LogP contribution < -0.4 is 19.8 Å². The number of carbonyl (C=O) groups excluding carboxylic acids is 1. The lowest BCUT2D eigenvalue weighted by molar-refractivity contribution is 0.0374. The number of hydrogen-bond donors (Lipinski definition) is 2. The number of halogens is 1. The SMILES string of the molecule is COc1ccc(Cl)cc1N(C)S(=O)(=O)c1ccc2[nH]cc(C(=O)NCCCN3CCOCC3)c(=O)c2c1. The maximum atomic E-state index is 13.4. The Labute approximate surface area is 220 Å². The summed E-state index contributed by atoms with van der Waals surface area (Å²) in [4.78, 5) is 31.0. The normalized spacial score (nSPS) is 14.5. The Morgan fingerprint density at radius 1 is 1.22 bits per heavy atom. The van der Waals surface area contributed by atoms with Gasteiger partial charge in [0.05, 0.1) is 30.9 Å². The molecule has 4 rings (SSSR count). The number of sulfonamides is 1. The number of anilines is 1. The summed E-state index contributed by atoms with van der Waals surface area (Å²) < 4.78 is 38.5. The second kappa shape index (κ2) is 11.5. The highest BCUT2D eigenvalue weighted by Gasteiger charge is 2.25. The van der Waals surface area contributed by atoms with Crippen molar-refractivity contribution in [2.24, 2.45) is 0 Å².